The average Bonchev–Trinajstić information content (AvgIpc) is 2.32. The largest absolute Gasteiger partial charge is 0.411 e. The second kappa shape index (κ2) is 7.34. The van der Waals surface area contributed by atoms with Gasteiger partial charge in [0.2, 0.25) is 0 Å². The smallest absolute Gasteiger partial charge is 0.0901 e. The molecule has 3 aliphatic rings. The molecule has 16 heavy (non-hydrogen) atoms. The fraction of sp³-hybridized carbons (Fsp3) is 0.900. The lowest BCUT2D eigenvalue weighted by Crippen LogP contribution is -3.17. The summed E-state index contributed by atoms with van der Waals surface area (Å²) in [5, 5.41) is 8.34. The first-order valence-electron chi connectivity index (χ1n) is 5.72. The lowest BCUT2D eigenvalue weighted by molar-refractivity contribution is -0.914. The Hall–Kier alpha value is -0.0100. The minimum absolute atomic E-state index is 0.104. The third-order valence-corrected chi connectivity index (χ3v) is 3.72. The van der Waals surface area contributed by atoms with Gasteiger partial charge >= 0.3 is 0 Å². The Balaban J connectivity index is 0.000000160. The number of rotatable bonds is 2. The number of nitrogens with zero attached hydrogens (tertiary/aromatic N) is 2. The van der Waals surface area contributed by atoms with Crippen molar-refractivity contribution in [3.63, 3.8) is 0 Å². The summed E-state index contributed by atoms with van der Waals surface area (Å²) >= 11 is 9.23. The molecule has 3 aliphatic heterocycles. The average molecular weight is 263 g/mol. The molecule has 94 valence electrons. The first kappa shape index (κ1) is 14.1. The molecule has 0 spiro atoms. The zero-order valence-corrected chi connectivity index (χ0v) is 11.4. The van der Waals surface area contributed by atoms with Crippen molar-refractivity contribution in [1.82, 2.24) is 9.80 Å². The fourth-order valence-corrected chi connectivity index (χ4v) is 2.08. The molecule has 0 unspecified atom stereocenters. The van der Waals surface area contributed by atoms with Crippen LogP contribution in [0.25, 0.3) is 0 Å². The summed E-state index contributed by atoms with van der Waals surface area (Å²) in [7, 11) is 1.76. The zero-order valence-electron chi connectivity index (χ0n) is 9.81. The van der Waals surface area contributed by atoms with Crippen molar-refractivity contribution in [3.05, 3.63) is 0 Å². The van der Waals surface area contributed by atoms with Crippen LogP contribution in [0.15, 0.2) is 0 Å². The van der Waals surface area contributed by atoms with E-state index in [-0.39, 0.29) is 6.61 Å². The standard InChI is InChI=1S/C6H12N2.C4H9NOS2/c1-2-8-5-3-7(1)4-6-8;1-5(2-3-6)4(7)8/h1-6H2;6H,2-3H2,1H3,(H,7,8). The number of likely N-dealkylation sites (N-methyl/N-ethyl adjacent to an activating group) is 1. The molecule has 3 saturated heterocycles. The second-order valence-corrected chi connectivity index (χ2v) is 5.28. The van der Waals surface area contributed by atoms with Crippen molar-refractivity contribution >= 4 is 29.2 Å². The first-order valence-corrected chi connectivity index (χ1v) is 6.54. The molecule has 0 amide bonds. The Labute approximate surface area is 109 Å². The van der Waals surface area contributed by atoms with E-state index in [1.165, 1.54) is 39.3 Å². The molecule has 3 heterocycles. The van der Waals surface area contributed by atoms with Gasteiger partial charge < -0.3 is 39.8 Å². The highest BCUT2D eigenvalue weighted by molar-refractivity contribution is 8.00. The Bertz CT molecular complexity index is 197. The third kappa shape index (κ3) is 4.88. The number of hydrogen-bond donors (Lipinski definition) is 2. The van der Waals surface area contributed by atoms with Gasteiger partial charge in [0.1, 0.15) is 0 Å². The van der Waals surface area contributed by atoms with Crippen LogP contribution >= 0.6 is 12.2 Å². The van der Waals surface area contributed by atoms with Crippen LogP contribution in [0.1, 0.15) is 0 Å². The number of nitrogens with one attached hydrogen (secondary N) is 1. The van der Waals surface area contributed by atoms with Gasteiger partial charge in [-0.2, -0.15) is 0 Å². The van der Waals surface area contributed by atoms with Gasteiger partial charge in [0.05, 0.1) is 26.2 Å². The Morgan fingerprint density at radius 1 is 1.38 bits per heavy atom. The molecule has 2 bridgehead atoms. The highest BCUT2D eigenvalue weighted by atomic mass is 32.1. The lowest BCUT2D eigenvalue weighted by atomic mass is 10.2. The van der Waals surface area contributed by atoms with Crippen LogP contribution < -0.4 is 4.90 Å². The number of quaternary nitrogens is 1. The SMILES string of the molecule is C1C[NH+]2CCN1CC2.CN(CCO)C(=S)[S-]. The Morgan fingerprint density at radius 2 is 1.88 bits per heavy atom. The van der Waals surface area contributed by atoms with Crippen molar-refractivity contribution in [3.8, 4) is 0 Å². The van der Waals surface area contributed by atoms with Gasteiger partial charge in [0.25, 0.3) is 0 Å². The van der Waals surface area contributed by atoms with Crippen molar-refractivity contribution in [1.29, 1.82) is 0 Å². The maximum Gasteiger partial charge on any atom is 0.0901 e. The number of piperazine rings is 3. The van der Waals surface area contributed by atoms with Crippen molar-refractivity contribution in [2.24, 2.45) is 0 Å². The van der Waals surface area contributed by atoms with E-state index in [1.54, 1.807) is 11.9 Å². The van der Waals surface area contributed by atoms with Gasteiger partial charge in [-0.05, 0) is 0 Å². The maximum atomic E-state index is 8.34. The molecule has 0 atom stereocenters. The minimum Gasteiger partial charge on any atom is -0.411 e. The lowest BCUT2D eigenvalue weighted by Gasteiger charge is -2.38. The Morgan fingerprint density at radius 3 is 2.00 bits per heavy atom. The van der Waals surface area contributed by atoms with E-state index in [9.17, 15) is 0 Å². The molecule has 0 saturated carbocycles. The first-order chi connectivity index (χ1) is 7.63. The number of aliphatic hydroxyl groups excluding tert-OH is 1. The monoisotopic (exact) mass is 263 g/mol. The number of hydrogen-bond acceptors (Lipinski definition) is 4. The summed E-state index contributed by atoms with van der Waals surface area (Å²) in [6, 6.07) is 0. The van der Waals surface area contributed by atoms with Gasteiger partial charge in [-0.1, -0.05) is 4.32 Å². The van der Waals surface area contributed by atoms with Crippen LogP contribution in [0.5, 0.6) is 0 Å². The molecule has 0 aliphatic carbocycles. The summed E-state index contributed by atoms with van der Waals surface area (Å²) in [5.41, 5.74) is 0. The zero-order chi connectivity index (χ0) is 12.0. The summed E-state index contributed by atoms with van der Waals surface area (Å²) < 4.78 is 0.402. The summed E-state index contributed by atoms with van der Waals surface area (Å²) in [4.78, 5) is 6.03. The number of aliphatic hydroxyl groups is 1. The normalized spacial score (nSPS) is 26.9. The van der Waals surface area contributed by atoms with Crippen molar-refractivity contribution in [2.75, 3.05) is 59.5 Å². The van der Waals surface area contributed by atoms with Crippen LogP contribution in [0.3, 0.4) is 0 Å². The van der Waals surface area contributed by atoms with Gasteiger partial charge in [0, 0.05) is 33.2 Å². The minimum atomic E-state index is 0.104. The highest BCUT2D eigenvalue weighted by Crippen LogP contribution is 1.91. The third-order valence-electron chi connectivity index (χ3n) is 3.09. The van der Waals surface area contributed by atoms with Gasteiger partial charge in [-0.15, -0.1) is 0 Å². The molecular weight excluding hydrogens is 242 g/mol. The summed E-state index contributed by atoms with van der Waals surface area (Å²) in [6.07, 6.45) is 0. The summed E-state index contributed by atoms with van der Waals surface area (Å²) in [5.74, 6) is 0. The predicted octanol–water partition coefficient (Wildman–Crippen LogP) is -2.06. The second-order valence-electron chi connectivity index (χ2n) is 4.25. The van der Waals surface area contributed by atoms with E-state index in [0.717, 1.165) is 0 Å². The number of fused-ring (bicyclic) bond motifs is 3. The van der Waals surface area contributed by atoms with E-state index in [1.807, 2.05) is 4.90 Å². The molecule has 2 N–H and O–H groups in total. The van der Waals surface area contributed by atoms with E-state index >= 15 is 0 Å². The molecule has 3 rings (SSSR count). The van der Waals surface area contributed by atoms with Crippen LogP contribution in [0.2, 0.25) is 0 Å². The van der Waals surface area contributed by atoms with Gasteiger partial charge in [0.15, 0.2) is 0 Å². The van der Waals surface area contributed by atoms with Crippen LogP contribution in [0, 0.1) is 0 Å². The van der Waals surface area contributed by atoms with Crippen LogP contribution in [-0.2, 0) is 12.6 Å². The fourth-order valence-electron chi connectivity index (χ4n) is 1.90. The quantitative estimate of drug-likeness (QED) is 0.442. The van der Waals surface area contributed by atoms with Crippen molar-refractivity contribution in [2.45, 2.75) is 0 Å². The highest BCUT2D eigenvalue weighted by Gasteiger charge is 2.25. The van der Waals surface area contributed by atoms with Gasteiger partial charge in [-0.25, -0.2) is 0 Å². The van der Waals surface area contributed by atoms with E-state index in [0.29, 0.717) is 10.9 Å². The number of thiocarbonyl (C=S) groups is 1. The maximum absolute atomic E-state index is 8.34. The molecule has 4 nitrogen and oxygen atoms in total. The molecule has 6 heteroatoms. The summed E-state index contributed by atoms with van der Waals surface area (Å²) in [6.45, 7) is 8.91. The van der Waals surface area contributed by atoms with E-state index in [2.05, 4.69) is 29.7 Å². The molecule has 0 aromatic carbocycles. The Kier molecular flexibility index (Phi) is 6.45. The molecule has 0 aromatic heterocycles. The molecule has 0 radical (unpaired) electrons. The molecular formula is C10H21N3OS2. The topological polar surface area (TPSA) is 31.2 Å². The van der Waals surface area contributed by atoms with E-state index < -0.39 is 0 Å². The van der Waals surface area contributed by atoms with Gasteiger partial charge in [-0.3, -0.25) is 4.90 Å². The van der Waals surface area contributed by atoms with Crippen LogP contribution in [0.4, 0.5) is 0 Å². The van der Waals surface area contributed by atoms with Crippen LogP contribution in [-0.4, -0.2) is 78.7 Å². The predicted molar refractivity (Wildman–Crippen MR) is 71.7 cm³/mol. The molecule has 0 aromatic rings. The molecule has 3 fully saturated rings. The van der Waals surface area contributed by atoms with E-state index in [4.69, 9.17) is 5.11 Å². The van der Waals surface area contributed by atoms with Crippen molar-refractivity contribution < 1.29 is 10.0 Å².